The van der Waals surface area contributed by atoms with E-state index in [-0.39, 0.29) is 11.8 Å². The maximum atomic E-state index is 12.4. The van der Waals surface area contributed by atoms with Gasteiger partial charge in [-0.3, -0.25) is 0 Å². The molecule has 2 N–H and O–H groups in total. The Kier molecular flexibility index (Phi) is 9.20. The zero-order chi connectivity index (χ0) is 21.0. The van der Waals surface area contributed by atoms with Crippen molar-refractivity contribution in [3.63, 3.8) is 0 Å². The molecular formula is C24H24N2O2Se2. The van der Waals surface area contributed by atoms with Gasteiger partial charge >= 0.3 is 191 Å². The van der Waals surface area contributed by atoms with E-state index < -0.39 is 0 Å². The standard InChI is InChI=1S/C24H24N2O2Se2/c27-23(25-14-16-29-21-10-3-1-4-11-21)19-8-7-9-20(18-19)24(28)26-15-17-30-22-12-5-2-6-13-22/h1-13,18H,14-17H2,(H,25,27)(H,26,28). The molecule has 3 rings (SSSR count). The molecule has 0 unspecified atom stereocenters. The SMILES string of the molecule is O=C(NCC[Se]c1ccccc1)c1cccc(C(=O)NCC[Se]c2ccccc2)c1. The minimum atomic E-state index is -0.138. The Morgan fingerprint density at radius 1 is 0.600 bits per heavy atom. The fourth-order valence-corrected chi connectivity index (χ4v) is 6.02. The molecule has 0 bridgehead atoms. The van der Waals surface area contributed by atoms with E-state index in [1.54, 1.807) is 24.3 Å². The molecule has 0 heterocycles. The van der Waals surface area contributed by atoms with Crippen molar-refractivity contribution in [1.29, 1.82) is 0 Å². The molecule has 0 saturated heterocycles. The third-order valence-corrected chi connectivity index (χ3v) is 8.44. The summed E-state index contributed by atoms with van der Waals surface area (Å²) < 4.78 is 2.65. The first-order valence-corrected chi connectivity index (χ1v) is 13.9. The van der Waals surface area contributed by atoms with E-state index in [1.807, 2.05) is 36.4 Å². The molecule has 0 aliphatic carbocycles. The molecule has 2 amide bonds. The molecule has 0 saturated carbocycles. The van der Waals surface area contributed by atoms with E-state index in [0.29, 0.717) is 54.1 Å². The van der Waals surface area contributed by atoms with E-state index >= 15 is 0 Å². The number of carbonyl (C=O) groups is 2. The Labute approximate surface area is 190 Å². The van der Waals surface area contributed by atoms with Gasteiger partial charge in [0, 0.05) is 0 Å². The molecule has 4 nitrogen and oxygen atoms in total. The Morgan fingerprint density at radius 2 is 1.03 bits per heavy atom. The first-order chi connectivity index (χ1) is 14.7. The number of rotatable bonds is 10. The molecule has 0 fully saturated rings. The van der Waals surface area contributed by atoms with Crippen LogP contribution in [0.25, 0.3) is 0 Å². The van der Waals surface area contributed by atoms with Crippen molar-refractivity contribution in [1.82, 2.24) is 10.6 Å². The summed E-state index contributed by atoms with van der Waals surface area (Å²) in [5.41, 5.74) is 1.03. The van der Waals surface area contributed by atoms with Gasteiger partial charge in [0.2, 0.25) is 0 Å². The predicted molar refractivity (Wildman–Crippen MR) is 124 cm³/mol. The van der Waals surface area contributed by atoms with Gasteiger partial charge in [0.1, 0.15) is 0 Å². The van der Waals surface area contributed by atoms with Crippen molar-refractivity contribution in [2.45, 2.75) is 10.6 Å². The van der Waals surface area contributed by atoms with Crippen molar-refractivity contribution in [2.75, 3.05) is 13.1 Å². The number of hydrogen-bond donors (Lipinski definition) is 2. The molecule has 0 atom stereocenters. The molecule has 0 aliphatic rings. The van der Waals surface area contributed by atoms with Crippen molar-refractivity contribution < 1.29 is 9.59 Å². The Balaban J connectivity index is 1.41. The quantitative estimate of drug-likeness (QED) is 0.312. The van der Waals surface area contributed by atoms with Crippen LogP contribution in [0.3, 0.4) is 0 Å². The van der Waals surface area contributed by atoms with Crippen LogP contribution in [0, 0.1) is 0 Å². The maximum absolute atomic E-state index is 12.4. The second-order valence-electron chi connectivity index (χ2n) is 6.42. The summed E-state index contributed by atoms with van der Waals surface area (Å²) in [6.45, 7) is 1.26. The zero-order valence-electron chi connectivity index (χ0n) is 16.5. The van der Waals surface area contributed by atoms with E-state index in [2.05, 4.69) is 34.9 Å². The van der Waals surface area contributed by atoms with Crippen LogP contribution in [-0.4, -0.2) is 54.8 Å². The van der Waals surface area contributed by atoms with Crippen LogP contribution in [-0.2, 0) is 0 Å². The van der Waals surface area contributed by atoms with Crippen molar-refractivity contribution in [2.24, 2.45) is 0 Å². The molecule has 0 aliphatic heterocycles. The average Bonchev–Trinajstić information content (AvgIpc) is 2.81. The second kappa shape index (κ2) is 12.4. The molecule has 3 aromatic rings. The number of amides is 2. The summed E-state index contributed by atoms with van der Waals surface area (Å²) in [6.07, 6.45) is 0. The minimum absolute atomic E-state index is 0.138. The molecule has 0 radical (unpaired) electrons. The number of carbonyl (C=O) groups excluding carboxylic acids is 2. The average molecular weight is 530 g/mol. The van der Waals surface area contributed by atoms with Gasteiger partial charge in [0.25, 0.3) is 0 Å². The number of nitrogens with one attached hydrogen (secondary N) is 2. The fraction of sp³-hybridized carbons (Fsp3) is 0.167. The van der Waals surface area contributed by atoms with E-state index in [0.717, 1.165) is 10.6 Å². The normalized spacial score (nSPS) is 10.4. The monoisotopic (exact) mass is 532 g/mol. The number of benzene rings is 3. The van der Waals surface area contributed by atoms with Crippen molar-refractivity contribution >= 4 is 50.7 Å². The molecule has 0 aromatic heterocycles. The van der Waals surface area contributed by atoms with E-state index in [9.17, 15) is 9.59 Å². The second-order valence-corrected chi connectivity index (χ2v) is 11.3. The van der Waals surface area contributed by atoms with Crippen LogP contribution in [0.1, 0.15) is 20.7 Å². The van der Waals surface area contributed by atoms with E-state index in [4.69, 9.17) is 0 Å². The molecule has 0 spiro atoms. The van der Waals surface area contributed by atoms with Crippen molar-refractivity contribution in [3.8, 4) is 0 Å². The van der Waals surface area contributed by atoms with Crippen LogP contribution in [0.2, 0.25) is 10.6 Å². The van der Waals surface area contributed by atoms with Crippen LogP contribution < -0.4 is 19.6 Å². The molecule has 6 heteroatoms. The third-order valence-electron chi connectivity index (χ3n) is 4.19. The van der Waals surface area contributed by atoms with Crippen LogP contribution >= 0.6 is 0 Å². The summed E-state index contributed by atoms with van der Waals surface area (Å²) >= 11 is 0.690. The van der Waals surface area contributed by atoms with Crippen LogP contribution in [0.15, 0.2) is 84.9 Å². The summed E-state index contributed by atoms with van der Waals surface area (Å²) in [7, 11) is 0. The first kappa shape index (κ1) is 22.3. The van der Waals surface area contributed by atoms with Crippen molar-refractivity contribution in [3.05, 3.63) is 96.1 Å². The predicted octanol–water partition coefficient (Wildman–Crippen LogP) is 2.04. The van der Waals surface area contributed by atoms with Gasteiger partial charge in [-0.15, -0.1) is 0 Å². The topological polar surface area (TPSA) is 58.2 Å². The molecular weight excluding hydrogens is 506 g/mol. The molecule has 154 valence electrons. The van der Waals surface area contributed by atoms with Gasteiger partial charge < -0.3 is 0 Å². The summed E-state index contributed by atoms with van der Waals surface area (Å²) in [5.74, 6) is -0.276. The molecule has 30 heavy (non-hydrogen) atoms. The summed E-state index contributed by atoms with van der Waals surface area (Å²) in [6, 6.07) is 27.5. The third kappa shape index (κ3) is 7.47. The summed E-state index contributed by atoms with van der Waals surface area (Å²) in [5, 5.41) is 7.78. The van der Waals surface area contributed by atoms with Gasteiger partial charge in [0.05, 0.1) is 0 Å². The van der Waals surface area contributed by atoms with Gasteiger partial charge in [0.15, 0.2) is 0 Å². The fourth-order valence-electron chi connectivity index (χ4n) is 2.71. The van der Waals surface area contributed by atoms with Gasteiger partial charge in [-0.25, -0.2) is 0 Å². The van der Waals surface area contributed by atoms with Crippen LogP contribution in [0.5, 0.6) is 0 Å². The molecule has 3 aromatic carbocycles. The Morgan fingerprint density at radius 3 is 1.47 bits per heavy atom. The first-order valence-electron chi connectivity index (χ1n) is 9.74. The van der Waals surface area contributed by atoms with Gasteiger partial charge in [-0.05, 0) is 0 Å². The Hall–Kier alpha value is -2.36. The summed E-state index contributed by atoms with van der Waals surface area (Å²) in [4.78, 5) is 24.8. The number of hydrogen-bond acceptors (Lipinski definition) is 2. The Bertz CT molecular complexity index is 875. The van der Waals surface area contributed by atoms with Crippen LogP contribution in [0.4, 0.5) is 0 Å². The van der Waals surface area contributed by atoms with E-state index in [1.165, 1.54) is 8.92 Å². The van der Waals surface area contributed by atoms with Gasteiger partial charge in [-0.1, -0.05) is 0 Å². The van der Waals surface area contributed by atoms with Gasteiger partial charge in [-0.2, -0.15) is 0 Å². The zero-order valence-corrected chi connectivity index (χ0v) is 20.0.